The molecule has 1 amide bonds. The van der Waals surface area contributed by atoms with Crippen LogP contribution in [0.25, 0.3) is 10.9 Å². The Morgan fingerprint density at radius 2 is 1.68 bits per heavy atom. The van der Waals surface area contributed by atoms with Crippen LogP contribution in [0.4, 0.5) is 20.2 Å². The molecular weight excluding hydrogens is 462 g/mol. The van der Waals surface area contributed by atoms with Crippen LogP contribution in [-0.2, 0) is 15.9 Å². The minimum atomic E-state index is -3.46. The number of carbonyl (C=O) groups excluding carboxylic acids is 1. The van der Waals surface area contributed by atoms with Crippen molar-refractivity contribution in [2.45, 2.75) is 5.92 Å². The first-order valence-electron chi connectivity index (χ1n) is 9.96. The Bertz CT molecular complexity index is 1560. The van der Waals surface area contributed by atoms with Gasteiger partial charge in [-0.25, -0.2) is 8.42 Å². The molecule has 4 aromatic rings. The van der Waals surface area contributed by atoms with E-state index in [1.54, 1.807) is 24.3 Å². The molecule has 34 heavy (non-hydrogen) atoms. The van der Waals surface area contributed by atoms with Crippen molar-refractivity contribution in [1.82, 2.24) is 4.98 Å². The number of hydrogen-bond donors (Lipinski definition) is 3. The molecule has 0 unspecified atom stereocenters. The van der Waals surface area contributed by atoms with E-state index in [2.05, 4.69) is 15.0 Å². The van der Waals surface area contributed by atoms with Gasteiger partial charge in [-0.15, -0.1) is 0 Å². The molecule has 3 N–H and O–H groups in total. The number of carbonyl (C=O) groups is 1. The Kier molecular flexibility index (Phi) is 5.81. The van der Waals surface area contributed by atoms with Gasteiger partial charge in [-0.1, -0.05) is 30.3 Å². The molecule has 3 aromatic carbocycles. The molecular formula is C24H18F2N4O3S. The van der Waals surface area contributed by atoms with E-state index < -0.39 is 21.9 Å². The Labute approximate surface area is 194 Å². The van der Waals surface area contributed by atoms with E-state index >= 15 is 8.78 Å². The second-order valence-electron chi connectivity index (χ2n) is 7.66. The number of sulfonamides is 1. The SMILES string of the molecule is CS(=O)(=O)Nc1ccc2cc(C(=O)Nc3cccc(C(F)(F)c4cccc(C#N)c4)c3)[nH]c2c1. The number of nitrogens with zero attached hydrogens (tertiary/aromatic N) is 1. The molecule has 0 saturated carbocycles. The molecule has 0 aliphatic rings. The molecule has 172 valence electrons. The second-order valence-corrected chi connectivity index (χ2v) is 9.41. The first-order chi connectivity index (χ1) is 16.0. The highest BCUT2D eigenvalue weighted by Gasteiger charge is 2.34. The van der Waals surface area contributed by atoms with E-state index in [1.165, 1.54) is 42.5 Å². The first-order valence-corrected chi connectivity index (χ1v) is 11.9. The number of aromatic amines is 1. The van der Waals surface area contributed by atoms with Crippen LogP contribution in [0.15, 0.2) is 72.8 Å². The number of H-pyrrole nitrogens is 1. The third kappa shape index (κ3) is 4.89. The fraction of sp³-hybridized carbons (Fsp3) is 0.0833. The molecule has 1 heterocycles. The lowest BCUT2D eigenvalue weighted by Gasteiger charge is -2.18. The standard InChI is InChI=1S/C24H18F2N4O3S/c1-34(32,33)30-20-9-8-16-11-22(29-21(16)13-20)23(31)28-19-7-3-6-18(12-19)24(25,26)17-5-2-4-15(10-17)14-27/h2-13,29-30H,1H3,(H,28,31). The molecule has 0 radical (unpaired) electrons. The number of amides is 1. The summed E-state index contributed by atoms with van der Waals surface area (Å²) in [5.74, 6) is -3.93. The maximum absolute atomic E-state index is 15.1. The van der Waals surface area contributed by atoms with Crippen molar-refractivity contribution in [2.75, 3.05) is 16.3 Å². The summed E-state index contributed by atoms with van der Waals surface area (Å²) in [7, 11) is -3.46. The van der Waals surface area contributed by atoms with Crippen LogP contribution in [0.2, 0.25) is 0 Å². The van der Waals surface area contributed by atoms with E-state index in [1.807, 2.05) is 6.07 Å². The van der Waals surface area contributed by atoms with E-state index in [0.717, 1.165) is 12.3 Å². The van der Waals surface area contributed by atoms with E-state index in [0.29, 0.717) is 16.6 Å². The molecule has 0 saturated heterocycles. The summed E-state index contributed by atoms with van der Waals surface area (Å²) in [5, 5.41) is 12.3. The predicted octanol–water partition coefficient (Wildman–Crippen LogP) is 4.80. The van der Waals surface area contributed by atoms with Crippen molar-refractivity contribution < 1.29 is 22.0 Å². The predicted molar refractivity (Wildman–Crippen MR) is 125 cm³/mol. The summed E-state index contributed by atoms with van der Waals surface area (Å²) in [6, 6.07) is 18.7. The van der Waals surface area contributed by atoms with Gasteiger partial charge in [0.05, 0.1) is 23.6 Å². The maximum atomic E-state index is 15.1. The summed E-state index contributed by atoms with van der Waals surface area (Å²) in [6.45, 7) is 0. The topological polar surface area (TPSA) is 115 Å². The van der Waals surface area contributed by atoms with Crippen molar-refractivity contribution in [3.8, 4) is 6.07 Å². The summed E-state index contributed by atoms with van der Waals surface area (Å²) >= 11 is 0. The summed E-state index contributed by atoms with van der Waals surface area (Å²) < 4.78 is 55.3. The fourth-order valence-electron chi connectivity index (χ4n) is 3.47. The van der Waals surface area contributed by atoms with Gasteiger partial charge >= 0.3 is 0 Å². The highest BCUT2D eigenvalue weighted by atomic mass is 32.2. The van der Waals surface area contributed by atoms with Gasteiger partial charge in [-0.05, 0) is 42.5 Å². The number of rotatable bonds is 6. The molecule has 1 aromatic heterocycles. The van der Waals surface area contributed by atoms with Crippen LogP contribution >= 0.6 is 0 Å². The van der Waals surface area contributed by atoms with Crippen LogP contribution in [0, 0.1) is 11.3 Å². The highest BCUT2D eigenvalue weighted by Crippen LogP contribution is 2.37. The van der Waals surface area contributed by atoms with Gasteiger partial charge in [0.2, 0.25) is 10.0 Å². The van der Waals surface area contributed by atoms with Crippen LogP contribution in [-0.4, -0.2) is 25.6 Å². The zero-order valence-corrected chi connectivity index (χ0v) is 18.6. The number of anilines is 2. The van der Waals surface area contributed by atoms with Gasteiger partial charge in [-0.3, -0.25) is 9.52 Å². The van der Waals surface area contributed by atoms with Gasteiger partial charge in [-0.2, -0.15) is 14.0 Å². The molecule has 0 fully saturated rings. The Morgan fingerprint density at radius 3 is 2.38 bits per heavy atom. The second kappa shape index (κ2) is 8.61. The van der Waals surface area contributed by atoms with E-state index in [-0.39, 0.29) is 28.1 Å². The molecule has 0 aliphatic carbocycles. The number of hydrogen-bond acceptors (Lipinski definition) is 4. The minimum Gasteiger partial charge on any atom is -0.350 e. The van der Waals surface area contributed by atoms with Gasteiger partial charge < -0.3 is 10.3 Å². The molecule has 10 heteroatoms. The van der Waals surface area contributed by atoms with Crippen LogP contribution in [0.5, 0.6) is 0 Å². The van der Waals surface area contributed by atoms with Crippen molar-refractivity contribution >= 4 is 38.2 Å². The van der Waals surface area contributed by atoms with Crippen molar-refractivity contribution in [3.05, 3.63) is 95.2 Å². The Balaban J connectivity index is 1.57. The molecule has 0 spiro atoms. The van der Waals surface area contributed by atoms with Gasteiger partial charge in [0.15, 0.2) is 0 Å². The van der Waals surface area contributed by atoms with Gasteiger partial charge in [0, 0.05) is 27.7 Å². The van der Waals surface area contributed by atoms with Crippen molar-refractivity contribution in [1.29, 1.82) is 5.26 Å². The average Bonchev–Trinajstić information content (AvgIpc) is 3.22. The number of alkyl halides is 2. The Morgan fingerprint density at radius 1 is 0.971 bits per heavy atom. The third-order valence-electron chi connectivity index (χ3n) is 5.01. The minimum absolute atomic E-state index is 0.121. The van der Waals surface area contributed by atoms with E-state index in [9.17, 15) is 13.2 Å². The van der Waals surface area contributed by atoms with Crippen LogP contribution < -0.4 is 10.0 Å². The maximum Gasteiger partial charge on any atom is 0.298 e. The zero-order chi connectivity index (χ0) is 24.5. The van der Waals surface area contributed by atoms with Gasteiger partial charge in [0.1, 0.15) is 5.69 Å². The fourth-order valence-corrected chi connectivity index (χ4v) is 4.02. The lowest BCUT2D eigenvalue weighted by Crippen LogP contribution is -2.17. The smallest absolute Gasteiger partial charge is 0.298 e. The number of fused-ring (bicyclic) bond motifs is 1. The zero-order valence-electron chi connectivity index (χ0n) is 17.8. The molecule has 0 bridgehead atoms. The lowest BCUT2D eigenvalue weighted by atomic mass is 9.98. The third-order valence-corrected chi connectivity index (χ3v) is 5.61. The number of benzene rings is 3. The van der Waals surface area contributed by atoms with Gasteiger partial charge in [0.25, 0.3) is 11.8 Å². The quantitative estimate of drug-likeness (QED) is 0.368. The summed E-state index contributed by atoms with van der Waals surface area (Å²) in [6.07, 6.45) is 1.03. The normalized spacial score (nSPS) is 11.7. The highest BCUT2D eigenvalue weighted by molar-refractivity contribution is 7.92. The number of halogens is 2. The summed E-state index contributed by atoms with van der Waals surface area (Å²) in [4.78, 5) is 15.6. The molecule has 4 rings (SSSR count). The summed E-state index contributed by atoms with van der Waals surface area (Å²) in [5.41, 5.74) is 0.644. The molecule has 0 aliphatic heterocycles. The number of nitrogens with one attached hydrogen (secondary N) is 3. The number of aromatic nitrogens is 1. The van der Waals surface area contributed by atoms with Crippen molar-refractivity contribution in [3.63, 3.8) is 0 Å². The lowest BCUT2D eigenvalue weighted by molar-refractivity contribution is 0.0428. The van der Waals surface area contributed by atoms with Crippen molar-refractivity contribution in [2.24, 2.45) is 0 Å². The first kappa shape index (κ1) is 22.9. The van der Waals surface area contributed by atoms with Crippen LogP contribution in [0.3, 0.4) is 0 Å². The molecule has 7 nitrogen and oxygen atoms in total. The number of nitriles is 1. The van der Waals surface area contributed by atoms with E-state index in [4.69, 9.17) is 5.26 Å². The largest absolute Gasteiger partial charge is 0.350 e. The monoisotopic (exact) mass is 480 g/mol. The Hall–Kier alpha value is -4.23. The average molecular weight is 480 g/mol. The molecule has 0 atom stereocenters. The van der Waals surface area contributed by atoms with Crippen LogP contribution in [0.1, 0.15) is 27.2 Å².